The number of aliphatic imine (C=N–C) groups is 1. The number of ether oxygens (including phenoxy) is 3. The predicted octanol–water partition coefficient (Wildman–Crippen LogP) is 5.84. The van der Waals surface area contributed by atoms with Gasteiger partial charge in [0.15, 0.2) is 0 Å². The highest BCUT2D eigenvalue weighted by atomic mass is 32.2. The zero-order chi connectivity index (χ0) is 25.7. The Labute approximate surface area is 209 Å². The molecule has 35 heavy (non-hydrogen) atoms. The van der Waals surface area contributed by atoms with Crippen LogP contribution in [0.15, 0.2) is 57.6 Å². The van der Waals surface area contributed by atoms with Gasteiger partial charge >= 0.3 is 5.97 Å². The van der Waals surface area contributed by atoms with Gasteiger partial charge < -0.3 is 19.3 Å². The molecule has 0 saturated carbocycles. The van der Waals surface area contributed by atoms with E-state index in [2.05, 4.69) is 18.8 Å². The van der Waals surface area contributed by atoms with E-state index >= 15 is 0 Å². The minimum Gasteiger partial charge on any atom is -0.506 e. The zero-order valence-corrected chi connectivity index (χ0v) is 21.5. The largest absolute Gasteiger partial charge is 0.506 e. The van der Waals surface area contributed by atoms with E-state index in [0.29, 0.717) is 16.2 Å². The number of carbonyl (C=O) groups is 2. The van der Waals surface area contributed by atoms with Crippen molar-refractivity contribution in [3.05, 3.63) is 74.9 Å². The average Bonchev–Trinajstić information content (AvgIpc) is 3.14. The van der Waals surface area contributed by atoms with Crippen molar-refractivity contribution in [1.82, 2.24) is 0 Å². The number of carbonyl (C=O) groups excluding carboxylic acids is 2. The Bertz CT molecular complexity index is 1220. The maximum atomic E-state index is 12.8. The molecule has 3 rings (SSSR count). The van der Waals surface area contributed by atoms with Crippen molar-refractivity contribution in [2.24, 2.45) is 4.99 Å². The molecule has 8 heteroatoms. The molecule has 1 N–H and O–H groups in total. The van der Waals surface area contributed by atoms with Crippen molar-refractivity contribution < 1.29 is 28.9 Å². The molecule has 7 nitrogen and oxygen atoms in total. The van der Waals surface area contributed by atoms with Crippen molar-refractivity contribution in [2.45, 2.75) is 33.6 Å². The van der Waals surface area contributed by atoms with Crippen LogP contribution >= 0.6 is 11.8 Å². The van der Waals surface area contributed by atoms with Crippen LogP contribution in [0.1, 0.15) is 53.7 Å². The van der Waals surface area contributed by atoms with Gasteiger partial charge in [0.25, 0.3) is 5.91 Å². The van der Waals surface area contributed by atoms with Crippen LogP contribution in [0.3, 0.4) is 0 Å². The van der Waals surface area contributed by atoms with E-state index in [1.54, 1.807) is 44.4 Å². The van der Waals surface area contributed by atoms with Gasteiger partial charge in [-0.05, 0) is 78.9 Å². The normalized spacial score (nSPS) is 15.7. The molecule has 1 aliphatic rings. The summed E-state index contributed by atoms with van der Waals surface area (Å²) in [5, 5.41) is 11.0. The lowest BCUT2D eigenvalue weighted by Gasteiger charge is -2.15. The van der Waals surface area contributed by atoms with Gasteiger partial charge in [0.05, 0.1) is 25.7 Å². The molecular formula is C27H29NO6S. The summed E-state index contributed by atoms with van der Waals surface area (Å²) in [5.41, 5.74) is 3.01. The number of benzene rings is 2. The Kier molecular flexibility index (Phi) is 8.40. The molecule has 0 aliphatic carbocycles. The van der Waals surface area contributed by atoms with Gasteiger partial charge in [0.2, 0.25) is 0 Å². The minimum atomic E-state index is -0.739. The van der Waals surface area contributed by atoms with Gasteiger partial charge in [-0.3, -0.25) is 4.79 Å². The standard InChI is InChI=1S/C27H29NO6S/c1-7-34-27(31)23-24(29)22(14-18-13-20(15(2)3)21(33-6)12-16(18)4)35-26(23)28-25(30)17-8-10-19(32-5)11-9-17/h8-15,29H,7H2,1-6H3/b22-14+,28-26?. The highest BCUT2D eigenvalue weighted by Crippen LogP contribution is 2.40. The van der Waals surface area contributed by atoms with Crippen LogP contribution in [0.4, 0.5) is 0 Å². The fourth-order valence-electron chi connectivity index (χ4n) is 3.52. The topological polar surface area (TPSA) is 94.4 Å². The molecule has 0 bridgehead atoms. The molecule has 1 amide bonds. The Balaban J connectivity index is 2.06. The Morgan fingerprint density at radius 1 is 1.11 bits per heavy atom. The monoisotopic (exact) mass is 495 g/mol. The third-order valence-electron chi connectivity index (χ3n) is 5.44. The summed E-state index contributed by atoms with van der Waals surface area (Å²) in [6.07, 6.45) is 1.78. The van der Waals surface area contributed by atoms with Crippen molar-refractivity contribution >= 4 is 34.8 Å². The Morgan fingerprint density at radius 3 is 2.37 bits per heavy atom. The highest BCUT2D eigenvalue weighted by Gasteiger charge is 2.34. The summed E-state index contributed by atoms with van der Waals surface area (Å²) in [6.45, 7) is 7.87. The number of hydrogen-bond donors (Lipinski definition) is 1. The molecule has 1 aliphatic heterocycles. The number of aliphatic hydroxyl groups is 1. The molecule has 184 valence electrons. The van der Waals surface area contributed by atoms with Crippen LogP contribution in [0.5, 0.6) is 11.5 Å². The van der Waals surface area contributed by atoms with Crippen molar-refractivity contribution in [1.29, 1.82) is 0 Å². The maximum Gasteiger partial charge on any atom is 0.344 e. The number of nitrogens with zero attached hydrogens (tertiary/aromatic N) is 1. The molecule has 0 fully saturated rings. The second kappa shape index (κ2) is 11.3. The summed E-state index contributed by atoms with van der Waals surface area (Å²) in [4.78, 5) is 30.0. The van der Waals surface area contributed by atoms with Crippen LogP contribution in [0, 0.1) is 6.92 Å². The van der Waals surface area contributed by atoms with Gasteiger partial charge in [-0.25, -0.2) is 9.79 Å². The number of thioether (sulfide) groups is 1. The van der Waals surface area contributed by atoms with E-state index in [9.17, 15) is 14.7 Å². The lowest BCUT2D eigenvalue weighted by Crippen LogP contribution is -2.14. The molecule has 0 atom stereocenters. The first kappa shape index (κ1) is 26.1. The first-order valence-corrected chi connectivity index (χ1v) is 12.0. The second-order valence-corrected chi connectivity index (χ2v) is 9.14. The van der Waals surface area contributed by atoms with E-state index in [4.69, 9.17) is 14.2 Å². The number of esters is 1. The molecular weight excluding hydrogens is 466 g/mol. The molecule has 0 saturated heterocycles. The summed E-state index contributed by atoms with van der Waals surface area (Å²) in [5.74, 6) is 0.0618. The first-order valence-electron chi connectivity index (χ1n) is 11.2. The van der Waals surface area contributed by atoms with E-state index in [1.165, 1.54) is 7.11 Å². The molecule has 0 radical (unpaired) electrons. The summed E-state index contributed by atoms with van der Waals surface area (Å²) in [6, 6.07) is 10.4. The van der Waals surface area contributed by atoms with E-state index in [0.717, 1.165) is 34.2 Å². The maximum absolute atomic E-state index is 12.8. The summed E-state index contributed by atoms with van der Waals surface area (Å²) < 4.78 is 15.8. The number of aliphatic hydroxyl groups excluding tert-OH is 1. The Morgan fingerprint density at radius 2 is 1.80 bits per heavy atom. The predicted molar refractivity (Wildman–Crippen MR) is 138 cm³/mol. The second-order valence-electron chi connectivity index (χ2n) is 8.11. The van der Waals surface area contributed by atoms with Crippen molar-refractivity contribution in [3.63, 3.8) is 0 Å². The van der Waals surface area contributed by atoms with Crippen LogP contribution in [0.25, 0.3) is 6.08 Å². The molecule has 0 unspecified atom stereocenters. The van der Waals surface area contributed by atoms with Crippen LogP contribution in [0.2, 0.25) is 0 Å². The summed E-state index contributed by atoms with van der Waals surface area (Å²) >= 11 is 1.05. The Hall–Kier alpha value is -3.52. The first-order chi connectivity index (χ1) is 16.7. The minimum absolute atomic E-state index is 0.0864. The lowest BCUT2D eigenvalue weighted by molar-refractivity contribution is -0.138. The van der Waals surface area contributed by atoms with Crippen LogP contribution < -0.4 is 9.47 Å². The summed E-state index contributed by atoms with van der Waals surface area (Å²) in [7, 11) is 3.17. The quantitative estimate of drug-likeness (QED) is 0.482. The number of methoxy groups -OCH3 is 2. The molecule has 2 aromatic carbocycles. The van der Waals surface area contributed by atoms with E-state index < -0.39 is 11.9 Å². The fourth-order valence-corrected chi connectivity index (χ4v) is 4.53. The van der Waals surface area contributed by atoms with Crippen molar-refractivity contribution in [3.8, 4) is 11.5 Å². The van der Waals surface area contributed by atoms with Gasteiger partial charge in [-0.1, -0.05) is 25.6 Å². The fraction of sp³-hybridized carbons (Fsp3) is 0.296. The lowest BCUT2D eigenvalue weighted by atomic mass is 9.96. The van der Waals surface area contributed by atoms with E-state index in [1.807, 2.05) is 19.1 Å². The van der Waals surface area contributed by atoms with Gasteiger partial charge in [-0.2, -0.15) is 0 Å². The number of aryl methyl sites for hydroxylation is 1. The van der Waals surface area contributed by atoms with Crippen molar-refractivity contribution in [2.75, 3.05) is 20.8 Å². The SMILES string of the molecule is CCOC(=O)C1=C(O)/C(=C\c2cc(C(C)C)c(OC)cc2C)SC1=NC(=O)c1ccc(OC)cc1. The average molecular weight is 496 g/mol. The highest BCUT2D eigenvalue weighted by molar-refractivity contribution is 8.18. The third-order valence-corrected chi connectivity index (χ3v) is 6.46. The molecule has 0 spiro atoms. The zero-order valence-electron chi connectivity index (χ0n) is 20.7. The van der Waals surface area contributed by atoms with E-state index in [-0.39, 0.29) is 28.9 Å². The van der Waals surface area contributed by atoms with Gasteiger partial charge in [0.1, 0.15) is 27.9 Å². The molecule has 1 heterocycles. The van der Waals surface area contributed by atoms with Gasteiger partial charge in [0, 0.05) is 5.56 Å². The third kappa shape index (κ3) is 5.77. The molecule has 2 aromatic rings. The van der Waals surface area contributed by atoms with Crippen LogP contribution in [-0.2, 0) is 9.53 Å². The number of rotatable bonds is 7. The smallest absolute Gasteiger partial charge is 0.344 e. The van der Waals surface area contributed by atoms with Crippen LogP contribution in [-0.4, -0.2) is 42.9 Å². The number of amides is 1. The molecule has 0 aromatic heterocycles. The number of hydrogen-bond acceptors (Lipinski definition) is 7. The van der Waals surface area contributed by atoms with Gasteiger partial charge in [-0.15, -0.1) is 0 Å².